The molecule has 0 spiro atoms. The van der Waals surface area contributed by atoms with E-state index in [9.17, 15) is 14.4 Å². The molecule has 0 aliphatic heterocycles. The molecule has 0 aliphatic carbocycles. The second kappa shape index (κ2) is 9.87. The van der Waals surface area contributed by atoms with Gasteiger partial charge in [-0.2, -0.15) is 0 Å². The normalized spacial score (nSPS) is 10.8. The quantitative estimate of drug-likeness (QED) is 0.303. The minimum absolute atomic E-state index is 0.280. The smallest absolute Gasteiger partial charge is 0.255 e. The molecule has 8 nitrogen and oxygen atoms in total. The molecule has 184 valence electrons. The molecule has 2 N–H and O–H groups in total. The first kappa shape index (κ1) is 23.6. The van der Waals surface area contributed by atoms with Gasteiger partial charge in [0.2, 0.25) is 5.43 Å². The molecule has 0 radical (unpaired) electrons. The van der Waals surface area contributed by atoms with Crippen molar-refractivity contribution in [3.63, 3.8) is 0 Å². The van der Waals surface area contributed by atoms with Gasteiger partial charge in [-0.05, 0) is 84.9 Å². The average molecular weight is 495 g/mol. The summed E-state index contributed by atoms with van der Waals surface area (Å²) < 4.78 is 16.2. The van der Waals surface area contributed by atoms with Crippen molar-refractivity contribution >= 4 is 45.1 Å². The number of hydrogen-bond acceptors (Lipinski definition) is 6. The van der Waals surface area contributed by atoms with E-state index in [1.165, 1.54) is 0 Å². The van der Waals surface area contributed by atoms with Gasteiger partial charge in [0.1, 0.15) is 22.7 Å². The van der Waals surface area contributed by atoms with E-state index in [2.05, 4.69) is 10.6 Å². The van der Waals surface area contributed by atoms with E-state index in [1.54, 1.807) is 99.1 Å². The largest absolute Gasteiger partial charge is 0.497 e. The summed E-state index contributed by atoms with van der Waals surface area (Å²) in [5, 5.41) is 6.21. The van der Waals surface area contributed by atoms with Crippen molar-refractivity contribution in [3.8, 4) is 11.5 Å². The van der Waals surface area contributed by atoms with Gasteiger partial charge in [0.15, 0.2) is 0 Å². The van der Waals surface area contributed by atoms with Crippen LogP contribution in [0.25, 0.3) is 21.9 Å². The molecule has 4 aromatic carbocycles. The lowest BCUT2D eigenvalue weighted by Gasteiger charge is -2.09. The van der Waals surface area contributed by atoms with E-state index in [1.807, 2.05) is 0 Å². The van der Waals surface area contributed by atoms with Crippen molar-refractivity contribution in [3.05, 3.63) is 106 Å². The molecule has 0 bridgehead atoms. The van der Waals surface area contributed by atoms with Gasteiger partial charge < -0.3 is 24.5 Å². The van der Waals surface area contributed by atoms with Gasteiger partial charge in [0.25, 0.3) is 11.8 Å². The molecule has 5 rings (SSSR count). The number of fused-ring (bicyclic) bond motifs is 2. The van der Waals surface area contributed by atoms with Crippen molar-refractivity contribution in [2.45, 2.75) is 0 Å². The van der Waals surface area contributed by atoms with Gasteiger partial charge in [-0.1, -0.05) is 0 Å². The van der Waals surface area contributed by atoms with Crippen LogP contribution in [0.5, 0.6) is 11.5 Å². The number of rotatable bonds is 6. The predicted molar refractivity (Wildman–Crippen MR) is 142 cm³/mol. The Morgan fingerprint density at radius 1 is 0.622 bits per heavy atom. The zero-order chi connectivity index (χ0) is 25.9. The Balaban J connectivity index is 1.42. The monoisotopic (exact) mass is 494 g/mol. The lowest BCUT2D eigenvalue weighted by Crippen LogP contribution is -2.13. The van der Waals surface area contributed by atoms with E-state index >= 15 is 0 Å². The van der Waals surface area contributed by atoms with Crippen LogP contribution in [0, 0.1) is 0 Å². The molecule has 8 heteroatoms. The van der Waals surface area contributed by atoms with E-state index in [0.29, 0.717) is 55.9 Å². The fraction of sp³-hybridized carbons (Fsp3) is 0.0690. The maximum atomic E-state index is 13.3. The predicted octanol–water partition coefficient (Wildman–Crippen LogP) is 5.47. The minimum Gasteiger partial charge on any atom is -0.497 e. The first-order valence-corrected chi connectivity index (χ1v) is 11.4. The molecular formula is C29H22N2O6. The van der Waals surface area contributed by atoms with Crippen molar-refractivity contribution in [2.24, 2.45) is 0 Å². The number of carbonyl (C=O) groups excluding carboxylic acids is 2. The second-order valence-electron chi connectivity index (χ2n) is 8.22. The number of ether oxygens (including phenoxy) is 2. The number of hydrogen-bond donors (Lipinski definition) is 2. The highest BCUT2D eigenvalue weighted by Gasteiger charge is 2.13. The first-order chi connectivity index (χ1) is 17.9. The number of amides is 2. The molecule has 0 atom stereocenters. The molecular weight excluding hydrogens is 472 g/mol. The van der Waals surface area contributed by atoms with E-state index < -0.39 is 0 Å². The van der Waals surface area contributed by atoms with Gasteiger partial charge in [-0.25, -0.2) is 0 Å². The molecule has 0 unspecified atom stereocenters. The molecule has 0 fully saturated rings. The summed E-state index contributed by atoms with van der Waals surface area (Å²) >= 11 is 0. The van der Waals surface area contributed by atoms with Gasteiger partial charge in [-0.15, -0.1) is 0 Å². The van der Waals surface area contributed by atoms with Gasteiger partial charge in [-0.3, -0.25) is 14.4 Å². The highest BCUT2D eigenvalue weighted by Crippen LogP contribution is 2.25. The summed E-state index contributed by atoms with van der Waals surface area (Å²) in [6.07, 6.45) is 0. The number of nitrogens with one attached hydrogen (secondary N) is 2. The number of carbonyl (C=O) groups is 2. The van der Waals surface area contributed by atoms with Crippen molar-refractivity contribution in [1.29, 1.82) is 0 Å². The Morgan fingerprint density at radius 2 is 1.03 bits per heavy atom. The lowest BCUT2D eigenvalue weighted by molar-refractivity contribution is 0.101. The van der Waals surface area contributed by atoms with Crippen molar-refractivity contribution in [1.82, 2.24) is 0 Å². The van der Waals surface area contributed by atoms with Crippen LogP contribution in [0.2, 0.25) is 0 Å². The number of benzene rings is 4. The van der Waals surface area contributed by atoms with Crippen LogP contribution in [-0.4, -0.2) is 26.0 Å². The molecule has 2 amide bonds. The maximum Gasteiger partial charge on any atom is 0.255 e. The summed E-state index contributed by atoms with van der Waals surface area (Å²) in [5.74, 6) is 0.643. The van der Waals surface area contributed by atoms with Crippen LogP contribution in [0.3, 0.4) is 0 Å². The summed E-state index contributed by atoms with van der Waals surface area (Å²) in [5.41, 5.74) is 2.28. The molecule has 1 aromatic heterocycles. The molecule has 0 aliphatic rings. The Kier molecular flexibility index (Phi) is 6.30. The van der Waals surface area contributed by atoms with Crippen LogP contribution in [-0.2, 0) is 0 Å². The van der Waals surface area contributed by atoms with Crippen LogP contribution in [0.15, 0.2) is 94.1 Å². The fourth-order valence-corrected chi connectivity index (χ4v) is 3.90. The van der Waals surface area contributed by atoms with Crippen LogP contribution in [0.1, 0.15) is 20.7 Å². The topological polar surface area (TPSA) is 107 Å². The van der Waals surface area contributed by atoms with Gasteiger partial charge in [0, 0.05) is 22.5 Å². The minimum atomic E-state index is -0.323. The average Bonchev–Trinajstić information content (AvgIpc) is 2.94. The first-order valence-electron chi connectivity index (χ1n) is 11.4. The summed E-state index contributed by atoms with van der Waals surface area (Å²) in [6.45, 7) is 0. The highest BCUT2D eigenvalue weighted by atomic mass is 16.5. The Labute approximate surface area is 211 Å². The third kappa shape index (κ3) is 4.85. The second-order valence-corrected chi connectivity index (χ2v) is 8.22. The third-order valence-corrected chi connectivity index (χ3v) is 5.89. The lowest BCUT2D eigenvalue weighted by atomic mass is 10.1. The number of anilines is 2. The summed E-state index contributed by atoms with van der Waals surface area (Å²) in [7, 11) is 3.11. The number of methoxy groups -OCH3 is 2. The molecule has 37 heavy (non-hydrogen) atoms. The third-order valence-electron chi connectivity index (χ3n) is 5.89. The van der Waals surface area contributed by atoms with Gasteiger partial charge >= 0.3 is 0 Å². The zero-order valence-electron chi connectivity index (χ0n) is 20.0. The Bertz CT molecular complexity index is 1570. The molecule has 0 saturated carbocycles. The molecule has 1 heterocycles. The van der Waals surface area contributed by atoms with Crippen molar-refractivity contribution in [2.75, 3.05) is 24.9 Å². The van der Waals surface area contributed by atoms with Crippen LogP contribution in [0.4, 0.5) is 11.4 Å². The molecule has 5 aromatic rings. The fourth-order valence-electron chi connectivity index (χ4n) is 3.90. The Morgan fingerprint density at radius 3 is 1.41 bits per heavy atom. The maximum absolute atomic E-state index is 13.3. The van der Waals surface area contributed by atoms with Gasteiger partial charge in [0.05, 0.1) is 25.0 Å². The standard InChI is InChI=1S/C29H22N2O6/c1-35-21-9-3-17(4-10-21)28(33)30-19-7-13-25-23(15-19)27(32)24-16-20(8-14-26(24)37-25)31-29(34)18-5-11-22(36-2)12-6-18/h3-16H,1-2H3,(H,30,33)(H,31,34). The van der Waals surface area contributed by atoms with Crippen molar-refractivity contribution < 1.29 is 23.5 Å². The van der Waals surface area contributed by atoms with E-state index in [-0.39, 0.29) is 17.2 Å². The highest BCUT2D eigenvalue weighted by molar-refractivity contribution is 6.06. The Hall–Kier alpha value is -5.11. The summed E-state index contributed by atoms with van der Waals surface area (Å²) in [6, 6.07) is 23.2. The van der Waals surface area contributed by atoms with E-state index in [4.69, 9.17) is 13.9 Å². The molecule has 0 saturated heterocycles. The SMILES string of the molecule is COc1ccc(C(=O)Nc2ccc3oc4ccc(NC(=O)c5ccc(OC)cc5)cc4c(=O)c3c2)cc1. The van der Waals surface area contributed by atoms with Crippen LogP contribution < -0.4 is 25.5 Å². The van der Waals surface area contributed by atoms with Crippen LogP contribution >= 0.6 is 0 Å². The zero-order valence-corrected chi connectivity index (χ0v) is 20.0. The summed E-state index contributed by atoms with van der Waals surface area (Å²) in [4.78, 5) is 38.6. The van der Waals surface area contributed by atoms with E-state index in [0.717, 1.165) is 0 Å².